The maximum Gasteiger partial charge on any atom is 0.294 e. The highest BCUT2D eigenvalue weighted by atomic mass is 127. The Morgan fingerprint density at radius 3 is 2.89 bits per heavy atom. The number of halogens is 2. The van der Waals surface area contributed by atoms with Gasteiger partial charge in [-0.05, 0) is 33.8 Å². The molecule has 18 heavy (non-hydrogen) atoms. The molecule has 92 valence electrons. The molecule has 7 heteroatoms. The van der Waals surface area contributed by atoms with Gasteiger partial charge in [0.05, 0.1) is 15.9 Å². The average Bonchev–Trinajstić information content (AvgIpc) is 2.75. The van der Waals surface area contributed by atoms with Crippen LogP contribution in [0.2, 0.25) is 0 Å². The Hall–Kier alpha value is -0.720. The molecule has 0 aromatic carbocycles. The van der Waals surface area contributed by atoms with Crippen LogP contribution in [0.3, 0.4) is 0 Å². The third-order valence-corrected chi connectivity index (χ3v) is 5.10. The summed E-state index contributed by atoms with van der Waals surface area (Å²) >= 11 is 6.18. The topological polar surface area (TPSA) is 50.5 Å². The van der Waals surface area contributed by atoms with Gasteiger partial charge in [0, 0.05) is 28.7 Å². The molecule has 0 bridgehead atoms. The Balaban J connectivity index is 2.28. The van der Waals surface area contributed by atoms with E-state index in [0.717, 1.165) is 21.1 Å². The molecular weight excluding hydrogens is 433 g/mol. The molecule has 0 radical (unpaired) electrons. The number of thioether (sulfide) groups is 1. The Morgan fingerprint density at radius 1 is 1.61 bits per heavy atom. The van der Waals surface area contributed by atoms with Gasteiger partial charge in [0.15, 0.2) is 3.77 Å². The van der Waals surface area contributed by atoms with Crippen LogP contribution in [0.4, 0.5) is 4.79 Å². The summed E-state index contributed by atoms with van der Waals surface area (Å²) in [5, 5.41) is -0.357. The van der Waals surface area contributed by atoms with Crippen molar-refractivity contribution in [2.45, 2.75) is 0 Å². The van der Waals surface area contributed by atoms with E-state index < -0.39 is 0 Å². The zero-order valence-electron chi connectivity index (χ0n) is 8.78. The van der Waals surface area contributed by atoms with Crippen LogP contribution in [0.1, 0.15) is 5.76 Å². The molecule has 1 aliphatic heterocycles. The van der Waals surface area contributed by atoms with Gasteiger partial charge in [-0.3, -0.25) is 14.5 Å². The summed E-state index contributed by atoms with van der Waals surface area (Å²) in [6.45, 7) is -0.0125. The maximum atomic E-state index is 11.9. The van der Waals surface area contributed by atoms with E-state index in [4.69, 9.17) is 10.8 Å². The molecule has 0 unspecified atom stereocenters. The fourth-order valence-electron chi connectivity index (χ4n) is 1.29. The molecule has 1 aromatic heterocycles. The van der Waals surface area contributed by atoms with E-state index in [2.05, 4.69) is 21.9 Å². The SMILES string of the molecule is C#CCN1C(=O)S/C(=C\c2cc(Br)c(I)o2)C1=O. The van der Waals surface area contributed by atoms with Crippen LogP contribution in [-0.2, 0) is 4.79 Å². The monoisotopic (exact) mass is 437 g/mol. The number of carbonyl (C=O) groups is 2. The van der Waals surface area contributed by atoms with Crippen LogP contribution < -0.4 is 0 Å². The van der Waals surface area contributed by atoms with Gasteiger partial charge in [0.2, 0.25) is 0 Å². The first-order valence-corrected chi connectivity index (χ1v) is 7.35. The summed E-state index contributed by atoms with van der Waals surface area (Å²) in [5.41, 5.74) is 0. The van der Waals surface area contributed by atoms with Crippen molar-refractivity contribution >= 4 is 67.5 Å². The predicted octanol–water partition coefficient (Wildman–Crippen LogP) is 3.32. The Bertz CT molecular complexity index is 582. The van der Waals surface area contributed by atoms with Crippen molar-refractivity contribution in [2.75, 3.05) is 6.54 Å². The third kappa shape index (κ3) is 2.65. The zero-order chi connectivity index (χ0) is 13.3. The quantitative estimate of drug-likeness (QED) is 0.404. The number of amides is 2. The summed E-state index contributed by atoms with van der Waals surface area (Å²) in [4.78, 5) is 24.7. The molecular formula is C11H5BrINO3S. The van der Waals surface area contributed by atoms with Crippen molar-refractivity contribution in [1.29, 1.82) is 0 Å². The van der Waals surface area contributed by atoms with E-state index in [1.54, 1.807) is 6.07 Å². The molecule has 2 heterocycles. The lowest BCUT2D eigenvalue weighted by Crippen LogP contribution is -2.28. The highest BCUT2D eigenvalue weighted by Crippen LogP contribution is 2.33. The lowest BCUT2D eigenvalue weighted by atomic mass is 10.3. The first-order valence-electron chi connectivity index (χ1n) is 4.66. The number of carbonyl (C=O) groups excluding carboxylic acids is 2. The lowest BCUT2D eigenvalue weighted by molar-refractivity contribution is -0.122. The van der Waals surface area contributed by atoms with Crippen molar-refractivity contribution in [3.05, 3.63) is 25.0 Å². The summed E-state index contributed by atoms with van der Waals surface area (Å²) in [6.07, 6.45) is 6.64. The van der Waals surface area contributed by atoms with Crippen molar-refractivity contribution in [1.82, 2.24) is 4.90 Å². The fraction of sp³-hybridized carbons (Fsp3) is 0.0909. The zero-order valence-corrected chi connectivity index (χ0v) is 13.3. The molecule has 0 saturated carbocycles. The minimum atomic E-state index is -0.384. The molecule has 0 atom stereocenters. The number of nitrogens with zero attached hydrogens (tertiary/aromatic N) is 1. The van der Waals surface area contributed by atoms with E-state index in [1.165, 1.54) is 6.08 Å². The number of hydrogen-bond donors (Lipinski definition) is 0. The minimum Gasteiger partial charge on any atom is -0.450 e. The number of furan rings is 1. The minimum absolute atomic E-state index is 0.0125. The largest absolute Gasteiger partial charge is 0.450 e. The molecule has 0 N–H and O–H groups in total. The van der Waals surface area contributed by atoms with E-state index in [1.807, 2.05) is 22.6 Å². The van der Waals surface area contributed by atoms with Crippen molar-refractivity contribution in [3.8, 4) is 12.3 Å². The standard InChI is InChI=1S/C11H5BrINO3S/c1-2-3-14-10(15)8(18-11(14)16)5-6-4-7(12)9(13)17-6/h1,4-5H,3H2/b8-5-. The Kier molecular flexibility index (Phi) is 4.19. The number of hydrogen-bond acceptors (Lipinski definition) is 4. The summed E-state index contributed by atoms with van der Waals surface area (Å²) in [5.74, 6) is 2.41. The average molecular weight is 438 g/mol. The van der Waals surface area contributed by atoms with Crippen LogP contribution in [-0.4, -0.2) is 22.6 Å². The van der Waals surface area contributed by atoms with Gasteiger partial charge in [-0.1, -0.05) is 5.92 Å². The van der Waals surface area contributed by atoms with Crippen LogP contribution >= 0.6 is 50.3 Å². The second kappa shape index (κ2) is 5.50. The highest BCUT2D eigenvalue weighted by Gasteiger charge is 2.34. The Labute approximate surface area is 129 Å². The Morgan fingerprint density at radius 2 is 2.33 bits per heavy atom. The van der Waals surface area contributed by atoms with Crippen LogP contribution in [0.15, 0.2) is 19.9 Å². The molecule has 1 saturated heterocycles. The van der Waals surface area contributed by atoms with Gasteiger partial charge in [0.25, 0.3) is 11.1 Å². The molecule has 2 amide bonds. The van der Waals surface area contributed by atoms with Gasteiger partial charge >= 0.3 is 0 Å². The number of terminal acetylenes is 1. The van der Waals surface area contributed by atoms with Gasteiger partial charge < -0.3 is 4.42 Å². The molecule has 0 aliphatic carbocycles. The second-order valence-electron chi connectivity index (χ2n) is 3.24. The number of imide groups is 1. The van der Waals surface area contributed by atoms with E-state index in [-0.39, 0.29) is 17.7 Å². The second-order valence-corrected chi connectivity index (χ2v) is 6.07. The molecule has 4 nitrogen and oxygen atoms in total. The molecule has 1 fully saturated rings. The predicted molar refractivity (Wildman–Crippen MR) is 80.6 cm³/mol. The summed E-state index contributed by atoms with van der Waals surface area (Å²) < 4.78 is 6.87. The normalized spacial score (nSPS) is 17.6. The van der Waals surface area contributed by atoms with Gasteiger partial charge in [-0.25, -0.2) is 0 Å². The maximum absolute atomic E-state index is 11.9. The summed E-state index contributed by atoms with van der Waals surface area (Å²) in [6, 6.07) is 1.73. The smallest absolute Gasteiger partial charge is 0.294 e. The van der Waals surface area contributed by atoms with Crippen molar-refractivity contribution in [3.63, 3.8) is 0 Å². The molecule has 1 aromatic rings. The van der Waals surface area contributed by atoms with Gasteiger partial charge in [-0.2, -0.15) is 0 Å². The first kappa shape index (κ1) is 13.7. The van der Waals surface area contributed by atoms with Crippen LogP contribution in [0, 0.1) is 16.1 Å². The van der Waals surface area contributed by atoms with Crippen molar-refractivity contribution < 1.29 is 14.0 Å². The van der Waals surface area contributed by atoms with E-state index in [0.29, 0.717) is 14.4 Å². The highest BCUT2D eigenvalue weighted by molar-refractivity contribution is 14.1. The first-order chi connectivity index (χ1) is 8.52. The van der Waals surface area contributed by atoms with Crippen LogP contribution in [0.5, 0.6) is 0 Å². The van der Waals surface area contributed by atoms with Crippen molar-refractivity contribution in [2.24, 2.45) is 0 Å². The number of rotatable bonds is 2. The molecule has 1 aliphatic rings. The molecule has 2 rings (SSSR count). The van der Waals surface area contributed by atoms with Crippen LogP contribution in [0.25, 0.3) is 6.08 Å². The fourth-order valence-corrected chi connectivity index (χ4v) is 2.83. The van der Waals surface area contributed by atoms with Gasteiger partial charge in [-0.15, -0.1) is 6.42 Å². The molecule has 0 spiro atoms. The van der Waals surface area contributed by atoms with E-state index in [9.17, 15) is 9.59 Å². The summed E-state index contributed by atoms with van der Waals surface area (Å²) in [7, 11) is 0. The lowest BCUT2D eigenvalue weighted by Gasteiger charge is -2.06. The van der Waals surface area contributed by atoms with Gasteiger partial charge in [0.1, 0.15) is 5.76 Å². The van der Waals surface area contributed by atoms with E-state index >= 15 is 0 Å². The third-order valence-electron chi connectivity index (χ3n) is 2.06.